The molecule has 0 N–H and O–H groups in total. The molecule has 0 spiro atoms. The Bertz CT molecular complexity index is 1490. The minimum atomic E-state index is -0.676. The molecule has 0 aliphatic rings. The third kappa shape index (κ3) is 4.34. The van der Waals surface area contributed by atoms with Crippen LogP contribution >= 0.6 is 0 Å². The number of para-hydroxylation sites is 3. The number of carbonyl (C=O) groups excluding carboxylic acids is 1. The second-order valence-corrected chi connectivity index (χ2v) is 7.54. The highest BCUT2D eigenvalue weighted by Crippen LogP contribution is 2.27. The number of benzene rings is 4. The monoisotopic (exact) mass is 452 g/mol. The number of hydrogen-bond donors (Lipinski definition) is 0. The number of hydrogen-bond acceptors (Lipinski definition) is 3. The Morgan fingerprint density at radius 1 is 0.765 bits per heavy atom. The van der Waals surface area contributed by atoms with E-state index in [4.69, 9.17) is 9.72 Å². The molecule has 34 heavy (non-hydrogen) atoms. The van der Waals surface area contributed by atoms with Crippen LogP contribution in [-0.2, 0) is 4.79 Å². The second-order valence-electron chi connectivity index (χ2n) is 7.54. The van der Waals surface area contributed by atoms with Crippen molar-refractivity contribution in [2.24, 2.45) is 0 Å². The van der Waals surface area contributed by atoms with Crippen molar-refractivity contribution in [3.05, 3.63) is 126 Å². The molecule has 1 heterocycles. The van der Waals surface area contributed by atoms with Gasteiger partial charge in [0.25, 0.3) is 0 Å². The highest BCUT2D eigenvalue weighted by atomic mass is 19.1. The lowest BCUT2D eigenvalue weighted by Crippen LogP contribution is -2.11. The molecule has 0 atom stereocenters. The predicted molar refractivity (Wildman–Crippen MR) is 127 cm³/mol. The molecule has 0 fully saturated rings. The van der Waals surface area contributed by atoms with Crippen molar-refractivity contribution in [1.29, 1.82) is 0 Å². The van der Waals surface area contributed by atoms with Crippen LogP contribution in [0.15, 0.2) is 103 Å². The first-order valence-corrected chi connectivity index (χ1v) is 10.6. The van der Waals surface area contributed by atoms with Crippen molar-refractivity contribution >= 4 is 28.7 Å². The van der Waals surface area contributed by atoms with Gasteiger partial charge in [0, 0.05) is 5.69 Å². The van der Waals surface area contributed by atoms with Crippen molar-refractivity contribution in [3.63, 3.8) is 0 Å². The SMILES string of the molecule is O=C(Oc1ccc(F)cc1)C(=Cc1nc2ccccc2n1-c1ccccc1)c1ccc(F)cc1. The Balaban J connectivity index is 1.66. The minimum absolute atomic E-state index is 0.178. The van der Waals surface area contributed by atoms with E-state index in [1.165, 1.54) is 48.5 Å². The summed E-state index contributed by atoms with van der Waals surface area (Å²) in [4.78, 5) is 18.0. The van der Waals surface area contributed by atoms with Crippen molar-refractivity contribution in [1.82, 2.24) is 9.55 Å². The summed E-state index contributed by atoms with van der Waals surface area (Å²) in [7, 11) is 0. The molecule has 5 rings (SSSR count). The van der Waals surface area contributed by atoms with E-state index >= 15 is 0 Å². The van der Waals surface area contributed by atoms with Crippen LogP contribution in [0.25, 0.3) is 28.4 Å². The van der Waals surface area contributed by atoms with Crippen LogP contribution in [0.4, 0.5) is 8.78 Å². The lowest BCUT2D eigenvalue weighted by atomic mass is 10.1. The van der Waals surface area contributed by atoms with Crippen LogP contribution in [0.1, 0.15) is 11.4 Å². The van der Waals surface area contributed by atoms with Gasteiger partial charge in [0.05, 0.1) is 16.6 Å². The summed E-state index contributed by atoms with van der Waals surface area (Å²) in [5, 5.41) is 0. The fourth-order valence-corrected chi connectivity index (χ4v) is 3.67. The third-order valence-electron chi connectivity index (χ3n) is 5.27. The zero-order chi connectivity index (χ0) is 23.5. The van der Waals surface area contributed by atoms with Crippen LogP contribution in [0.2, 0.25) is 0 Å². The Morgan fingerprint density at radius 3 is 2.09 bits per heavy atom. The summed E-state index contributed by atoms with van der Waals surface area (Å²) in [6, 6.07) is 28.0. The van der Waals surface area contributed by atoms with E-state index < -0.39 is 17.6 Å². The maximum Gasteiger partial charge on any atom is 0.344 e. The van der Waals surface area contributed by atoms with Crippen molar-refractivity contribution in [3.8, 4) is 11.4 Å². The Morgan fingerprint density at radius 2 is 1.38 bits per heavy atom. The maximum absolute atomic E-state index is 13.6. The summed E-state index contributed by atoms with van der Waals surface area (Å²) in [6.07, 6.45) is 1.62. The fourth-order valence-electron chi connectivity index (χ4n) is 3.67. The van der Waals surface area contributed by atoms with Crippen LogP contribution in [0.5, 0.6) is 5.75 Å². The number of aromatic nitrogens is 2. The lowest BCUT2D eigenvalue weighted by Gasteiger charge is -2.11. The van der Waals surface area contributed by atoms with E-state index in [1.54, 1.807) is 6.08 Å². The largest absolute Gasteiger partial charge is 0.423 e. The molecule has 0 saturated heterocycles. The van der Waals surface area contributed by atoms with Crippen LogP contribution in [-0.4, -0.2) is 15.5 Å². The summed E-state index contributed by atoms with van der Waals surface area (Å²) in [6.45, 7) is 0. The fraction of sp³-hybridized carbons (Fsp3) is 0. The number of halogens is 2. The molecule has 4 nitrogen and oxygen atoms in total. The summed E-state index contributed by atoms with van der Waals surface area (Å²) >= 11 is 0. The molecule has 166 valence electrons. The predicted octanol–water partition coefficient (Wildman–Crippen LogP) is 6.45. The molecule has 0 aliphatic carbocycles. The van der Waals surface area contributed by atoms with Gasteiger partial charge < -0.3 is 4.74 Å². The smallest absolute Gasteiger partial charge is 0.344 e. The molecule has 1 aromatic heterocycles. The van der Waals surface area contributed by atoms with E-state index in [9.17, 15) is 13.6 Å². The number of fused-ring (bicyclic) bond motifs is 1. The highest BCUT2D eigenvalue weighted by Gasteiger charge is 2.19. The van der Waals surface area contributed by atoms with Gasteiger partial charge in [0.15, 0.2) is 0 Å². The minimum Gasteiger partial charge on any atom is -0.423 e. The van der Waals surface area contributed by atoms with E-state index in [1.807, 2.05) is 59.2 Å². The van der Waals surface area contributed by atoms with Gasteiger partial charge in [-0.3, -0.25) is 4.57 Å². The number of esters is 1. The quantitative estimate of drug-likeness (QED) is 0.175. The van der Waals surface area contributed by atoms with Crippen molar-refractivity contribution in [2.45, 2.75) is 0 Å². The topological polar surface area (TPSA) is 44.1 Å². The number of rotatable bonds is 5. The Kier molecular flexibility index (Phi) is 5.70. The lowest BCUT2D eigenvalue weighted by molar-refractivity contribution is -0.127. The second kappa shape index (κ2) is 9.11. The van der Waals surface area contributed by atoms with Gasteiger partial charge in [-0.2, -0.15) is 0 Å². The van der Waals surface area contributed by atoms with E-state index in [-0.39, 0.29) is 11.3 Å². The van der Waals surface area contributed by atoms with E-state index in [0.717, 1.165) is 16.7 Å². The molecule has 0 aliphatic heterocycles. The third-order valence-corrected chi connectivity index (χ3v) is 5.27. The van der Waals surface area contributed by atoms with Gasteiger partial charge in [0.2, 0.25) is 0 Å². The average Bonchev–Trinajstić information content (AvgIpc) is 3.23. The molecular weight excluding hydrogens is 434 g/mol. The summed E-state index contributed by atoms with van der Waals surface area (Å²) in [5.41, 5.74) is 3.12. The molecule has 0 unspecified atom stereocenters. The van der Waals surface area contributed by atoms with Gasteiger partial charge in [0.1, 0.15) is 23.2 Å². The van der Waals surface area contributed by atoms with E-state index in [2.05, 4.69) is 0 Å². The van der Waals surface area contributed by atoms with Crippen molar-refractivity contribution < 1.29 is 18.3 Å². The van der Waals surface area contributed by atoms with Crippen molar-refractivity contribution in [2.75, 3.05) is 0 Å². The summed E-state index contributed by atoms with van der Waals surface area (Å²) < 4.78 is 34.3. The first-order chi connectivity index (χ1) is 16.6. The molecule has 5 aromatic rings. The molecule has 0 bridgehead atoms. The van der Waals surface area contributed by atoms with Gasteiger partial charge in [-0.05, 0) is 72.3 Å². The Labute approximate surface area is 194 Å². The molecular formula is C28H18F2N2O2. The number of ether oxygens (including phenoxy) is 1. The molecule has 0 radical (unpaired) electrons. The first kappa shape index (κ1) is 21.3. The van der Waals surface area contributed by atoms with Crippen LogP contribution in [0, 0.1) is 11.6 Å². The zero-order valence-corrected chi connectivity index (χ0v) is 17.9. The maximum atomic E-state index is 13.6. The normalized spacial score (nSPS) is 11.5. The number of imidazole rings is 1. The van der Waals surface area contributed by atoms with Gasteiger partial charge in [-0.1, -0.05) is 42.5 Å². The van der Waals surface area contributed by atoms with E-state index in [0.29, 0.717) is 11.4 Å². The Hall–Kier alpha value is -4.58. The molecule has 4 aromatic carbocycles. The summed E-state index contributed by atoms with van der Waals surface area (Å²) in [5.74, 6) is -0.846. The van der Waals surface area contributed by atoms with Gasteiger partial charge in [-0.15, -0.1) is 0 Å². The van der Waals surface area contributed by atoms with Crippen LogP contribution < -0.4 is 4.74 Å². The van der Waals surface area contributed by atoms with Gasteiger partial charge >= 0.3 is 5.97 Å². The zero-order valence-electron chi connectivity index (χ0n) is 17.9. The van der Waals surface area contributed by atoms with Crippen LogP contribution in [0.3, 0.4) is 0 Å². The molecule has 0 amide bonds. The number of carbonyl (C=O) groups is 1. The highest BCUT2D eigenvalue weighted by molar-refractivity contribution is 6.22. The number of nitrogens with zero attached hydrogens (tertiary/aromatic N) is 2. The first-order valence-electron chi connectivity index (χ1n) is 10.6. The van der Waals surface area contributed by atoms with Gasteiger partial charge in [-0.25, -0.2) is 18.6 Å². The molecule has 6 heteroatoms. The molecule has 0 saturated carbocycles. The standard InChI is InChI=1S/C28H18F2N2O2/c29-20-12-10-19(11-13-20)24(28(33)34-23-16-14-21(30)15-17-23)18-27-31-25-8-4-5-9-26(25)32(27)22-6-2-1-3-7-22/h1-18H. The average molecular weight is 452 g/mol.